The van der Waals surface area contributed by atoms with Gasteiger partial charge in [0.15, 0.2) is 5.11 Å². The van der Waals surface area contributed by atoms with Crippen molar-refractivity contribution in [3.8, 4) is 11.5 Å². The number of ether oxygens (including phenoxy) is 1. The summed E-state index contributed by atoms with van der Waals surface area (Å²) in [4.78, 5) is 26.6. The minimum Gasteiger partial charge on any atom is -0.457 e. The molecule has 0 atom stereocenters. The lowest BCUT2D eigenvalue weighted by molar-refractivity contribution is -0.122. The van der Waals surface area contributed by atoms with Crippen LogP contribution in [-0.2, 0) is 9.59 Å². The van der Waals surface area contributed by atoms with Crippen LogP contribution in [0.5, 0.6) is 11.5 Å². The maximum atomic E-state index is 13.8. The third kappa shape index (κ3) is 4.55. The minimum absolute atomic E-state index is 0.0362. The second-order valence-electron chi connectivity index (χ2n) is 6.54. The van der Waals surface area contributed by atoms with Crippen LogP contribution >= 0.6 is 28.1 Å². The molecule has 31 heavy (non-hydrogen) atoms. The molecule has 1 N–H and O–H groups in total. The summed E-state index contributed by atoms with van der Waals surface area (Å²) in [6.07, 6.45) is 1.33. The van der Waals surface area contributed by atoms with Crippen LogP contribution < -0.4 is 15.0 Å². The van der Waals surface area contributed by atoms with Gasteiger partial charge in [-0.2, -0.15) is 0 Å². The van der Waals surface area contributed by atoms with E-state index in [-0.39, 0.29) is 15.2 Å². The molecule has 0 bridgehead atoms. The molecule has 5 nitrogen and oxygen atoms in total. The van der Waals surface area contributed by atoms with Gasteiger partial charge >= 0.3 is 0 Å². The highest BCUT2D eigenvalue weighted by molar-refractivity contribution is 9.10. The standard InChI is InChI=1S/C23H14BrFN2O3S/c24-19-11-6-14(13-20(19)25)12-18-21(28)26-23(31)27(22(18)29)15-7-9-17(10-8-15)30-16-4-2-1-3-5-16/h1-13H,(H,26,28,31). The van der Waals surface area contributed by atoms with Crippen molar-refractivity contribution < 1.29 is 18.7 Å². The van der Waals surface area contributed by atoms with Gasteiger partial charge in [0.2, 0.25) is 0 Å². The summed E-state index contributed by atoms with van der Waals surface area (Å²) >= 11 is 8.28. The smallest absolute Gasteiger partial charge is 0.270 e. The van der Waals surface area contributed by atoms with Crippen molar-refractivity contribution in [3.05, 3.63) is 94.2 Å². The van der Waals surface area contributed by atoms with Crippen molar-refractivity contribution in [2.24, 2.45) is 0 Å². The summed E-state index contributed by atoms with van der Waals surface area (Å²) in [5.41, 5.74) is 0.682. The van der Waals surface area contributed by atoms with E-state index in [9.17, 15) is 14.0 Å². The predicted molar refractivity (Wildman–Crippen MR) is 123 cm³/mol. The lowest BCUT2D eigenvalue weighted by Gasteiger charge is -2.29. The van der Waals surface area contributed by atoms with Crippen molar-refractivity contribution in [1.29, 1.82) is 0 Å². The minimum atomic E-state index is -0.640. The Balaban J connectivity index is 1.61. The van der Waals surface area contributed by atoms with Crippen molar-refractivity contribution in [1.82, 2.24) is 5.32 Å². The highest BCUT2D eigenvalue weighted by Crippen LogP contribution is 2.27. The van der Waals surface area contributed by atoms with Crippen LogP contribution in [0.3, 0.4) is 0 Å². The molecule has 0 aliphatic carbocycles. The highest BCUT2D eigenvalue weighted by Gasteiger charge is 2.34. The number of halogens is 2. The lowest BCUT2D eigenvalue weighted by Crippen LogP contribution is -2.54. The van der Waals surface area contributed by atoms with Gasteiger partial charge in [0.1, 0.15) is 22.9 Å². The van der Waals surface area contributed by atoms with Crippen LogP contribution in [0.1, 0.15) is 5.56 Å². The van der Waals surface area contributed by atoms with E-state index in [2.05, 4.69) is 21.2 Å². The second kappa shape index (κ2) is 8.79. The average Bonchev–Trinajstić information content (AvgIpc) is 2.75. The fraction of sp³-hybridized carbons (Fsp3) is 0. The maximum Gasteiger partial charge on any atom is 0.270 e. The van der Waals surface area contributed by atoms with Gasteiger partial charge in [0, 0.05) is 0 Å². The summed E-state index contributed by atoms with van der Waals surface area (Å²) in [5, 5.41) is 2.47. The molecule has 154 valence electrons. The van der Waals surface area contributed by atoms with E-state index in [1.807, 2.05) is 30.3 Å². The molecule has 2 amide bonds. The molecule has 0 spiro atoms. The zero-order chi connectivity index (χ0) is 22.0. The van der Waals surface area contributed by atoms with E-state index in [1.165, 1.54) is 23.1 Å². The van der Waals surface area contributed by atoms with Gasteiger partial charge < -0.3 is 4.74 Å². The molecule has 1 fully saturated rings. The quantitative estimate of drug-likeness (QED) is 0.306. The van der Waals surface area contributed by atoms with Crippen molar-refractivity contribution in [2.75, 3.05) is 4.90 Å². The van der Waals surface area contributed by atoms with Gasteiger partial charge in [-0.3, -0.25) is 19.8 Å². The Kier molecular flexibility index (Phi) is 5.92. The van der Waals surface area contributed by atoms with Crippen LogP contribution in [0.15, 0.2) is 82.8 Å². The Morgan fingerprint density at radius 2 is 1.65 bits per heavy atom. The number of carbonyl (C=O) groups excluding carboxylic acids is 2. The third-order valence-corrected chi connectivity index (χ3v) is 5.36. The SMILES string of the molecule is O=C1NC(=S)N(c2ccc(Oc3ccccc3)cc2)C(=O)C1=Cc1ccc(Br)c(F)c1. The number of hydrogen-bond acceptors (Lipinski definition) is 4. The molecule has 0 radical (unpaired) electrons. The second-order valence-corrected chi connectivity index (χ2v) is 7.78. The Bertz CT molecular complexity index is 1210. The van der Waals surface area contributed by atoms with E-state index in [1.54, 1.807) is 30.3 Å². The topological polar surface area (TPSA) is 58.6 Å². The fourth-order valence-corrected chi connectivity index (χ4v) is 3.48. The number of rotatable bonds is 4. The maximum absolute atomic E-state index is 13.8. The summed E-state index contributed by atoms with van der Waals surface area (Å²) in [7, 11) is 0. The van der Waals surface area contributed by atoms with Crippen LogP contribution in [0.2, 0.25) is 0 Å². The monoisotopic (exact) mass is 496 g/mol. The first-order chi connectivity index (χ1) is 14.9. The van der Waals surface area contributed by atoms with Gasteiger partial charge in [-0.25, -0.2) is 4.39 Å². The summed E-state index contributed by atoms with van der Waals surface area (Å²) < 4.78 is 19.9. The summed E-state index contributed by atoms with van der Waals surface area (Å²) in [5.74, 6) is -0.485. The molecule has 1 heterocycles. The average molecular weight is 497 g/mol. The van der Waals surface area contributed by atoms with Crippen LogP contribution in [0.25, 0.3) is 6.08 Å². The molecule has 1 aliphatic heterocycles. The Morgan fingerprint density at radius 1 is 0.968 bits per heavy atom. The Morgan fingerprint density at radius 3 is 2.32 bits per heavy atom. The summed E-state index contributed by atoms with van der Waals surface area (Å²) in [6, 6.07) is 20.3. The predicted octanol–water partition coefficient (Wildman–Crippen LogP) is 5.21. The van der Waals surface area contributed by atoms with Gasteiger partial charge in [-0.15, -0.1) is 0 Å². The Labute approximate surface area is 191 Å². The molecule has 3 aromatic rings. The number of para-hydroxylation sites is 1. The van der Waals surface area contributed by atoms with Crippen molar-refractivity contribution >= 4 is 56.8 Å². The van der Waals surface area contributed by atoms with Gasteiger partial charge in [0.05, 0.1) is 10.2 Å². The van der Waals surface area contributed by atoms with E-state index in [0.29, 0.717) is 22.7 Å². The number of nitrogens with one attached hydrogen (secondary N) is 1. The fourth-order valence-electron chi connectivity index (χ4n) is 2.95. The zero-order valence-electron chi connectivity index (χ0n) is 15.8. The third-order valence-electron chi connectivity index (χ3n) is 4.43. The van der Waals surface area contributed by atoms with E-state index in [4.69, 9.17) is 17.0 Å². The molecule has 0 saturated carbocycles. The van der Waals surface area contributed by atoms with Crippen LogP contribution in [-0.4, -0.2) is 16.9 Å². The number of carbonyl (C=O) groups is 2. The molecule has 3 aromatic carbocycles. The number of amides is 2. The largest absolute Gasteiger partial charge is 0.457 e. The van der Waals surface area contributed by atoms with Crippen LogP contribution in [0, 0.1) is 5.82 Å². The zero-order valence-corrected chi connectivity index (χ0v) is 18.2. The van der Waals surface area contributed by atoms with Crippen molar-refractivity contribution in [2.45, 2.75) is 0 Å². The van der Waals surface area contributed by atoms with Crippen LogP contribution in [0.4, 0.5) is 10.1 Å². The molecule has 8 heteroatoms. The molecular weight excluding hydrogens is 483 g/mol. The first-order valence-electron chi connectivity index (χ1n) is 9.12. The molecular formula is C23H14BrFN2O3S. The number of nitrogens with zero attached hydrogens (tertiary/aromatic N) is 1. The Hall–Kier alpha value is -3.36. The molecule has 1 aliphatic rings. The highest BCUT2D eigenvalue weighted by atomic mass is 79.9. The number of thiocarbonyl (C=S) groups is 1. The first kappa shape index (κ1) is 20.9. The normalized spacial score (nSPS) is 15.2. The van der Waals surface area contributed by atoms with Gasteiger partial charge in [-0.05, 0) is 88.3 Å². The molecule has 0 aromatic heterocycles. The van der Waals surface area contributed by atoms with E-state index < -0.39 is 17.6 Å². The number of anilines is 1. The van der Waals surface area contributed by atoms with Gasteiger partial charge in [-0.1, -0.05) is 24.3 Å². The molecule has 4 rings (SSSR count). The van der Waals surface area contributed by atoms with E-state index >= 15 is 0 Å². The first-order valence-corrected chi connectivity index (χ1v) is 10.3. The number of benzene rings is 3. The van der Waals surface area contributed by atoms with Gasteiger partial charge in [0.25, 0.3) is 11.8 Å². The summed E-state index contributed by atoms with van der Waals surface area (Å²) in [6.45, 7) is 0. The molecule has 1 saturated heterocycles. The molecule has 0 unspecified atom stereocenters. The van der Waals surface area contributed by atoms with Crippen molar-refractivity contribution in [3.63, 3.8) is 0 Å². The lowest BCUT2D eigenvalue weighted by atomic mass is 10.1. The van der Waals surface area contributed by atoms with E-state index in [0.717, 1.165) is 0 Å². The number of hydrogen-bond donors (Lipinski definition) is 1.